The number of carbonyl (C=O) groups excluding carboxylic acids is 1. The number of aromatic nitrogens is 3. The van der Waals surface area contributed by atoms with Crippen molar-refractivity contribution < 1.29 is 9.53 Å². The van der Waals surface area contributed by atoms with Crippen molar-refractivity contribution in [1.29, 1.82) is 0 Å². The summed E-state index contributed by atoms with van der Waals surface area (Å²) in [7, 11) is 0. The molecular formula is C25H23N5O2. The molecule has 160 valence electrons. The van der Waals surface area contributed by atoms with E-state index in [1.807, 2.05) is 24.3 Å². The van der Waals surface area contributed by atoms with E-state index < -0.39 is 0 Å². The van der Waals surface area contributed by atoms with Crippen molar-refractivity contribution in [2.45, 2.75) is 6.42 Å². The lowest BCUT2D eigenvalue weighted by Crippen LogP contribution is -2.36. The van der Waals surface area contributed by atoms with Gasteiger partial charge in [0.05, 0.1) is 30.8 Å². The number of hydrogen-bond acceptors (Lipinski definition) is 6. The maximum atomic E-state index is 12.6. The zero-order valence-electron chi connectivity index (χ0n) is 17.6. The number of hydrogen-bond donors (Lipinski definition) is 1. The number of fused-ring (bicyclic) bond motifs is 1. The smallest absolute Gasteiger partial charge is 0.230 e. The van der Waals surface area contributed by atoms with E-state index in [2.05, 4.69) is 50.5 Å². The van der Waals surface area contributed by atoms with Crippen molar-refractivity contribution in [3.8, 4) is 11.3 Å². The maximum Gasteiger partial charge on any atom is 0.230 e. The van der Waals surface area contributed by atoms with Crippen LogP contribution >= 0.6 is 0 Å². The number of anilines is 2. The van der Waals surface area contributed by atoms with Crippen molar-refractivity contribution in [3.63, 3.8) is 0 Å². The highest BCUT2D eigenvalue weighted by atomic mass is 16.5. The number of rotatable bonds is 5. The molecule has 1 aliphatic heterocycles. The Balaban J connectivity index is 1.43. The summed E-state index contributed by atoms with van der Waals surface area (Å²) < 4.78 is 5.47. The Morgan fingerprint density at radius 3 is 2.75 bits per heavy atom. The predicted octanol–water partition coefficient (Wildman–Crippen LogP) is 3.71. The highest BCUT2D eigenvalue weighted by molar-refractivity contribution is 5.95. The quantitative estimate of drug-likeness (QED) is 0.525. The topological polar surface area (TPSA) is 80.2 Å². The van der Waals surface area contributed by atoms with Crippen molar-refractivity contribution in [1.82, 2.24) is 15.0 Å². The number of nitrogens with zero attached hydrogens (tertiary/aromatic N) is 4. The van der Waals surface area contributed by atoms with Gasteiger partial charge in [-0.3, -0.25) is 4.79 Å². The summed E-state index contributed by atoms with van der Waals surface area (Å²) in [6, 6.07) is 20.1. The molecule has 0 unspecified atom stereocenters. The molecule has 1 N–H and O–H groups in total. The Labute approximate surface area is 186 Å². The first-order valence-electron chi connectivity index (χ1n) is 10.6. The monoisotopic (exact) mass is 425 g/mol. The third-order valence-corrected chi connectivity index (χ3v) is 5.52. The Kier molecular flexibility index (Phi) is 5.72. The van der Waals surface area contributed by atoms with Crippen LogP contribution in [0.4, 0.5) is 11.5 Å². The van der Waals surface area contributed by atoms with Crippen molar-refractivity contribution in [2.75, 3.05) is 36.5 Å². The van der Waals surface area contributed by atoms with E-state index in [4.69, 9.17) is 9.72 Å². The van der Waals surface area contributed by atoms with E-state index in [9.17, 15) is 4.79 Å². The molecule has 2 aromatic heterocycles. The third-order valence-electron chi connectivity index (χ3n) is 5.52. The first kappa shape index (κ1) is 20.1. The molecule has 7 heteroatoms. The number of amides is 1. The average molecular weight is 425 g/mol. The molecule has 1 amide bonds. The van der Waals surface area contributed by atoms with Crippen LogP contribution in [0.15, 0.2) is 73.2 Å². The van der Waals surface area contributed by atoms with E-state index in [-0.39, 0.29) is 12.3 Å². The second kappa shape index (κ2) is 9.11. The van der Waals surface area contributed by atoms with Crippen LogP contribution < -0.4 is 10.2 Å². The van der Waals surface area contributed by atoms with Crippen LogP contribution in [0.1, 0.15) is 5.56 Å². The summed E-state index contributed by atoms with van der Waals surface area (Å²) in [5.74, 6) is 0.344. The normalized spacial score (nSPS) is 13.8. The molecule has 2 aromatic carbocycles. The van der Waals surface area contributed by atoms with Gasteiger partial charge in [-0.15, -0.1) is 0 Å². The fourth-order valence-electron chi connectivity index (χ4n) is 3.92. The minimum absolute atomic E-state index is 0.141. The Morgan fingerprint density at radius 2 is 1.91 bits per heavy atom. The lowest BCUT2D eigenvalue weighted by atomic mass is 10.0. The molecule has 7 nitrogen and oxygen atoms in total. The molecule has 0 bridgehead atoms. The zero-order valence-corrected chi connectivity index (χ0v) is 17.6. The second-order valence-corrected chi connectivity index (χ2v) is 7.65. The van der Waals surface area contributed by atoms with Gasteiger partial charge < -0.3 is 15.0 Å². The van der Waals surface area contributed by atoms with Gasteiger partial charge in [0.2, 0.25) is 5.91 Å². The van der Waals surface area contributed by atoms with Gasteiger partial charge >= 0.3 is 0 Å². The predicted molar refractivity (Wildman–Crippen MR) is 125 cm³/mol. The van der Waals surface area contributed by atoms with E-state index in [0.29, 0.717) is 5.82 Å². The van der Waals surface area contributed by atoms with Gasteiger partial charge in [-0.2, -0.15) is 0 Å². The molecule has 0 aliphatic carbocycles. The SMILES string of the molecule is O=C(Cc1cccc2ccc(-c3cccc(N4CCOCC4)c3)nc12)Nc1ccncn1. The second-order valence-electron chi connectivity index (χ2n) is 7.65. The fraction of sp³-hybridized carbons (Fsp3) is 0.200. The molecule has 5 rings (SSSR count). The zero-order chi connectivity index (χ0) is 21.8. The highest BCUT2D eigenvalue weighted by Crippen LogP contribution is 2.27. The van der Waals surface area contributed by atoms with Crippen LogP contribution in [0.25, 0.3) is 22.2 Å². The Bertz CT molecular complexity index is 1240. The molecule has 0 spiro atoms. The summed E-state index contributed by atoms with van der Waals surface area (Å²) >= 11 is 0. The van der Waals surface area contributed by atoms with E-state index in [0.717, 1.165) is 54.0 Å². The van der Waals surface area contributed by atoms with Crippen molar-refractivity contribution >= 4 is 28.3 Å². The van der Waals surface area contributed by atoms with Crippen LogP contribution in [0.2, 0.25) is 0 Å². The largest absolute Gasteiger partial charge is 0.378 e. The molecule has 32 heavy (non-hydrogen) atoms. The molecule has 1 saturated heterocycles. The van der Waals surface area contributed by atoms with Gasteiger partial charge in [-0.25, -0.2) is 15.0 Å². The summed E-state index contributed by atoms with van der Waals surface area (Å²) in [5.41, 5.74) is 4.82. The lowest BCUT2D eigenvalue weighted by Gasteiger charge is -2.29. The van der Waals surface area contributed by atoms with Crippen molar-refractivity contribution in [3.05, 3.63) is 78.8 Å². The minimum Gasteiger partial charge on any atom is -0.378 e. The summed E-state index contributed by atoms with van der Waals surface area (Å²) in [5, 5.41) is 3.82. The molecule has 1 fully saturated rings. The van der Waals surface area contributed by atoms with E-state index in [1.54, 1.807) is 12.3 Å². The van der Waals surface area contributed by atoms with Gasteiger partial charge in [0, 0.05) is 35.9 Å². The number of morpholine rings is 1. The number of benzene rings is 2. The molecular weight excluding hydrogens is 402 g/mol. The van der Waals surface area contributed by atoms with Gasteiger partial charge in [-0.1, -0.05) is 36.4 Å². The summed E-state index contributed by atoms with van der Waals surface area (Å²) in [4.78, 5) is 27.8. The molecule has 4 aromatic rings. The fourth-order valence-corrected chi connectivity index (χ4v) is 3.92. The van der Waals surface area contributed by atoms with Gasteiger partial charge in [0.25, 0.3) is 0 Å². The third kappa shape index (κ3) is 4.43. The number of ether oxygens (including phenoxy) is 1. The lowest BCUT2D eigenvalue weighted by molar-refractivity contribution is -0.115. The summed E-state index contributed by atoms with van der Waals surface area (Å²) in [6.07, 6.45) is 3.22. The molecule has 0 saturated carbocycles. The van der Waals surface area contributed by atoms with Crippen LogP contribution in [-0.4, -0.2) is 47.2 Å². The standard InChI is InChI=1S/C25H23N5O2/c31-24(29-23-9-10-26-17-27-23)16-20-5-1-3-18-7-8-22(28-25(18)20)19-4-2-6-21(15-19)30-11-13-32-14-12-30/h1-10,15,17H,11-14,16H2,(H,26,27,29,31). The van der Waals surface area contributed by atoms with Crippen LogP contribution in [0, 0.1) is 0 Å². The number of pyridine rings is 1. The van der Waals surface area contributed by atoms with E-state index >= 15 is 0 Å². The average Bonchev–Trinajstić information content (AvgIpc) is 2.85. The molecule has 1 aliphatic rings. The van der Waals surface area contributed by atoms with Crippen molar-refractivity contribution in [2.24, 2.45) is 0 Å². The highest BCUT2D eigenvalue weighted by Gasteiger charge is 2.13. The van der Waals surface area contributed by atoms with Crippen LogP contribution in [0.5, 0.6) is 0 Å². The maximum absolute atomic E-state index is 12.6. The van der Waals surface area contributed by atoms with Gasteiger partial charge in [0.1, 0.15) is 12.1 Å². The number of carbonyl (C=O) groups is 1. The molecule has 0 radical (unpaired) electrons. The Hall–Kier alpha value is -3.84. The van der Waals surface area contributed by atoms with Crippen LogP contribution in [-0.2, 0) is 16.0 Å². The Morgan fingerprint density at radius 1 is 1.03 bits per heavy atom. The molecule has 3 heterocycles. The van der Waals surface area contributed by atoms with Crippen LogP contribution in [0.3, 0.4) is 0 Å². The summed E-state index contributed by atoms with van der Waals surface area (Å²) in [6.45, 7) is 3.28. The first-order chi connectivity index (χ1) is 15.8. The minimum atomic E-state index is -0.141. The van der Waals surface area contributed by atoms with Gasteiger partial charge in [-0.05, 0) is 29.8 Å². The first-order valence-corrected chi connectivity index (χ1v) is 10.6. The molecule has 0 atom stereocenters. The van der Waals surface area contributed by atoms with E-state index in [1.165, 1.54) is 12.0 Å². The number of para-hydroxylation sites is 1. The van der Waals surface area contributed by atoms with Gasteiger partial charge in [0.15, 0.2) is 0 Å². The number of nitrogens with one attached hydrogen (secondary N) is 1.